The van der Waals surface area contributed by atoms with Crippen LogP contribution in [0.2, 0.25) is 0 Å². The molecule has 67 heavy (non-hydrogen) atoms. The molecule has 15 atom stereocenters. The maximum atomic E-state index is 14.4. The summed E-state index contributed by atoms with van der Waals surface area (Å²) < 4.78 is 35.7. The molecule has 3 fully saturated rings. The van der Waals surface area contributed by atoms with Gasteiger partial charge in [-0.25, -0.2) is 4.79 Å². The zero-order chi connectivity index (χ0) is 49.6. The molecule has 1 aliphatic carbocycles. The molecule has 14 nitrogen and oxygen atoms in total. The Morgan fingerprint density at radius 3 is 2.25 bits per heavy atom. The minimum atomic E-state index is -2.42. The summed E-state index contributed by atoms with van der Waals surface area (Å²) >= 11 is 0. The van der Waals surface area contributed by atoms with E-state index in [0.29, 0.717) is 57.1 Å². The van der Waals surface area contributed by atoms with Crippen LogP contribution in [0.25, 0.3) is 0 Å². The number of ketones is 3. The minimum Gasteiger partial charge on any atom is -0.460 e. The first kappa shape index (κ1) is 56.2. The molecule has 0 unspecified atom stereocenters. The van der Waals surface area contributed by atoms with Crippen molar-refractivity contribution >= 4 is 29.2 Å². The molecule has 378 valence electrons. The zero-order valence-corrected chi connectivity index (χ0v) is 42.3. The average molecular weight is 942 g/mol. The Morgan fingerprint density at radius 2 is 1.58 bits per heavy atom. The number of fused-ring (bicyclic) bond motifs is 3. The maximum absolute atomic E-state index is 14.4. The predicted octanol–water partition coefficient (Wildman–Crippen LogP) is 7.22. The smallest absolute Gasteiger partial charge is 0.329 e. The fourth-order valence-electron chi connectivity index (χ4n) is 10.5. The number of Topliss-reactive ketones (excluding diaryl/α,β-unsaturated/α-hetero) is 3. The van der Waals surface area contributed by atoms with Gasteiger partial charge in [-0.05, 0) is 114 Å². The minimum absolute atomic E-state index is 0.0193. The summed E-state index contributed by atoms with van der Waals surface area (Å²) in [5, 5.41) is 23.4. The molecule has 0 aromatic rings. The number of amides is 1. The molecule has 1 amide bonds. The summed E-state index contributed by atoms with van der Waals surface area (Å²) in [5.41, 5.74) is 1.29. The lowest BCUT2D eigenvalue weighted by Gasteiger charge is -2.42. The van der Waals surface area contributed by atoms with Crippen molar-refractivity contribution in [2.75, 3.05) is 34.5 Å². The number of nitrogens with zero attached hydrogens (tertiary/aromatic N) is 1. The lowest BCUT2D eigenvalue weighted by Crippen LogP contribution is -2.61. The second kappa shape index (κ2) is 26.6. The molecule has 2 N–H and O–H groups in total. The summed E-state index contributed by atoms with van der Waals surface area (Å²) in [5.74, 6) is -7.71. The second-order valence-corrected chi connectivity index (χ2v) is 20.0. The van der Waals surface area contributed by atoms with Gasteiger partial charge in [0, 0.05) is 65.1 Å². The number of carbonyl (C=O) groups is 5. The van der Waals surface area contributed by atoms with Crippen LogP contribution in [0.4, 0.5) is 0 Å². The Labute approximate surface area is 400 Å². The molecule has 3 aliphatic heterocycles. The molecule has 1 saturated carbocycles. The van der Waals surface area contributed by atoms with Crippen LogP contribution in [0.15, 0.2) is 47.6 Å². The van der Waals surface area contributed by atoms with Crippen molar-refractivity contribution in [3.8, 4) is 0 Å². The molecule has 0 aromatic carbocycles. The number of carbonyl (C=O) groups excluding carboxylic acids is 5. The highest BCUT2D eigenvalue weighted by molar-refractivity contribution is 6.39. The molecule has 3 heterocycles. The van der Waals surface area contributed by atoms with Crippen molar-refractivity contribution in [2.45, 2.75) is 187 Å². The zero-order valence-electron chi connectivity index (χ0n) is 42.3. The Hall–Kier alpha value is -3.37. The Morgan fingerprint density at radius 1 is 0.851 bits per heavy atom. The molecule has 2 saturated heterocycles. The van der Waals surface area contributed by atoms with E-state index in [-0.39, 0.29) is 60.9 Å². The van der Waals surface area contributed by atoms with E-state index < -0.39 is 77.8 Å². The van der Waals surface area contributed by atoms with E-state index >= 15 is 0 Å². The molecule has 14 heteroatoms. The van der Waals surface area contributed by atoms with Gasteiger partial charge in [-0.15, -0.1) is 0 Å². The molecule has 0 aromatic heterocycles. The van der Waals surface area contributed by atoms with Crippen LogP contribution in [0, 0.1) is 35.5 Å². The molecule has 4 aliphatic rings. The largest absolute Gasteiger partial charge is 0.460 e. The van der Waals surface area contributed by atoms with Gasteiger partial charge in [-0.1, -0.05) is 71.1 Å². The summed E-state index contributed by atoms with van der Waals surface area (Å²) in [7, 11) is 4.65. The van der Waals surface area contributed by atoms with Gasteiger partial charge in [0.15, 0.2) is 5.78 Å². The number of hydrogen-bond donors (Lipinski definition) is 2. The normalized spacial score (nSPS) is 39.6. The predicted molar refractivity (Wildman–Crippen MR) is 255 cm³/mol. The lowest BCUT2D eigenvalue weighted by atomic mass is 9.78. The van der Waals surface area contributed by atoms with Crippen LogP contribution >= 0.6 is 0 Å². The average Bonchev–Trinajstić information content (AvgIpc) is 3.30. The van der Waals surface area contributed by atoms with E-state index in [1.807, 2.05) is 65.0 Å². The number of ether oxygens (including phenoxy) is 6. The second-order valence-electron chi connectivity index (χ2n) is 20.0. The number of allylic oxidation sites excluding steroid dienone is 6. The van der Waals surface area contributed by atoms with Gasteiger partial charge in [-0.3, -0.25) is 19.2 Å². The molecule has 2 bridgehead atoms. The number of hydrogen-bond acceptors (Lipinski definition) is 13. The van der Waals surface area contributed by atoms with Gasteiger partial charge in [0.1, 0.15) is 30.1 Å². The highest BCUT2D eigenvalue weighted by Gasteiger charge is 2.53. The number of piperidine rings is 1. The van der Waals surface area contributed by atoms with Crippen LogP contribution in [0.1, 0.15) is 132 Å². The Bertz CT molecular complexity index is 1790. The first-order valence-corrected chi connectivity index (χ1v) is 24.9. The SMILES string of the molecule is CCO[C@@H]1CC[C@@H](C[C@@H](C)[C@@H]2CC(=O)[C@H](C)/C=C(\C)[C@@H](O)[C@@H](OC)C(=O)[C@H](C)C[C@H](C)/C=C/C=C/C=C(\C)[C@@H](OC)C[C@@H]3CC[C@@H](C)[C@@](O)(O3)C(=O)C(=O)N3CCCC[C@H]3C(=O)O2)C[C@H]1OC. The van der Waals surface area contributed by atoms with Gasteiger partial charge in [0.2, 0.25) is 5.79 Å². The summed E-state index contributed by atoms with van der Waals surface area (Å²) in [6, 6.07) is -1.12. The molecule has 4 rings (SSSR count). The van der Waals surface area contributed by atoms with Gasteiger partial charge in [-0.2, -0.15) is 0 Å². The van der Waals surface area contributed by atoms with Crippen LogP contribution in [-0.2, 0) is 52.4 Å². The third-order valence-electron chi connectivity index (χ3n) is 14.8. The Balaban J connectivity index is 1.70. The van der Waals surface area contributed by atoms with Crippen molar-refractivity contribution in [3.05, 3.63) is 47.6 Å². The van der Waals surface area contributed by atoms with Gasteiger partial charge in [0.05, 0.1) is 24.4 Å². The first-order valence-electron chi connectivity index (χ1n) is 24.9. The van der Waals surface area contributed by atoms with Crippen molar-refractivity contribution in [1.82, 2.24) is 4.90 Å². The first-order chi connectivity index (χ1) is 31.8. The van der Waals surface area contributed by atoms with E-state index in [0.717, 1.165) is 24.8 Å². The molecular weight excluding hydrogens is 859 g/mol. The van der Waals surface area contributed by atoms with Crippen LogP contribution in [0.3, 0.4) is 0 Å². The molecule has 0 radical (unpaired) electrons. The quantitative estimate of drug-likeness (QED) is 0.141. The van der Waals surface area contributed by atoms with Crippen LogP contribution < -0.4 is 0 Å². The lowest BCUT2D eigenvalue weighted by molar-refractivity contribution is -0.265. The standard InChI is InChI=1S/C53H83NO13/c1-12-65-43-24-22-39(29-46(43)63-10)28-35(5)45-31-42(55)34(4)27-37(7)48(57)49(64-11)47(56)36(6)26-32(2)18-14-13-15-19-33(3)44(62-9)30-40-23-21-38(8)53(61,67-40)50(58)51(59)54-25-17-16-20-41(54)52(60)66-45/h13-15,18-19,27,32,34-36,38-41,43-46,48-49,57,61H,12,16-17,20-26,28-31H2,1-11H3/b15-13+,18-14+,33-19+,37-27+/t32-,34-,35-,36-,38-,39+,40+,41+,43-,44+,45+,46-,48-,49+,53-/m1/s1. The fraction of sp³-hybridized carbons (Fsp3) is 0.755. The van der Waals surface area contributed by atoms with Gasteiger partial charge >= 0.3 is 5.97 Å². The third-order valence-corrected chi connectivity index (χ3v) is 14.8. The van der Waals surface area contributed by atoms with Gasteiger partial charge < -0.3 is 43.5 Å². The highest BCUT2D eigenvalue weighted by Crippen LogP contribution is 2.38. The summed E-state index contributed by atoms with van der Waals surface area (Å²) in [6.07, 6.45) is 12.8. The third kappa shape index (κ3) is 15.1. The molecule has 0 spiro atoms. The summed E-state index contributed by atoms with van der Waals surface area (Å²) in [6.45, 7) is 15.4. The van der Waals surface area contributed by atoms with E-state index in [9.17, 15) is 34.2 Å². The van der Waals surface area contributed by atoms with E-state index in [1.165, 1.54) is 12.0 Å². The van der Waals surface area contributed by atoms with E-state index in [2.05, 4.69) is 0 Å². The molecular formula is C53H83NO13. The van der Waals surface area contributed by atoms with Crippen molar-refractivity contribution < 1.29 is 62.6 Å². The maximum Gasteiger partial charge on any atom is 0.329 e. The van der Waals surface area contributed by atoms with E-state index in [4.69, 9.17) is 28.4 Å². The van der Waals surface area contributed by atoms with Crippen molar-refractivity contribution in [1.29, 1.82) is 0 Å². The number of rotatable bonds is 8. The highest BCUT2D eigenvalue weighted by atomic mass is 16.6. The van der Waals surface area contributed by atoms with Crippen LogP contribution in [-0.4, -0.2) is 133 Å². The topological polar surface area (TPSA) is 184 Å². The van der Waals surface area contributed by atoms with Gasteiger partial charge in [0.25, 0.3) is 11.7 Å². The number of methoxy groups -OCH3 is 3. The van der Waals surface area contributed by atoms with Crippen molar-refractivity contribution in [3.63, 3.8) is 0 Å². The van der Waals surface area contributed by atoms with Crippen LogP contribution in [0.5, 0.6) is 0 Å². The summed E-state index contributed by atoms with van der Waals surface area (Å²) in [4.78, 5) is 72.1. The number of esters is 1. The van der Waals surface area contributed by atoms with Crippen molar-refractivity contribution in [2.24, 2.45) is 35.5 Å². The monoisotopic (exact) mass is 942 g/mol. The number of aliphatic hydroxyl groups excluding tert-OH is 1. The van der Waals surface area contributed by atoms with E-state index in [1.54, 1.807) is 41.1 Å². The number of cyclic esters (lactones) is 1. The number of aliphatic hydroxyl groups is 2. The fourth-order valence-corrected chi connectivity index (χ4v) is 10.5. The Kier molecular flexibility index (Phi) is 22.3.